The summed E-state index contributed by atoms with van der Waals surface area (Å²) in [5, 5.41) is 9.43. The van der Waals surface area contributed by atoms with Crippen molar-refractivity contribution in [3.63, 3.8) is 0 Å². The number of carboxylic acids is 1. The van der Waals surface area contributed by atoms with Crippen LogP contribution in [-0.2, 0) is 6.54 Å². The van der Waals surface area contributed by atoms with Crippen LogP contribution in [0.2, 0.25) is 0 Å². The van der Waals surface area contributed by atoms with Crippen molar-refractivity contribution < 1.29 is 19.4 Å². The number of aromatic carboxylic acids is 1. The number of para-hydroxylation sites is 1. The van der Waals surface area contributed by atoms with Crippen molar-refractivity contribution in [2.75, 3.05) is 38.2 Å². The molecule has 7 nitrogen and oxygen atoms in total. The largest absolute Gasteiger partial charge is 0.497 e. The fourth-order valence-electron chi connectivity index (χ4n) is 3.68. The number of benzene rings is 2. The summed E-state index contributed by atoms with van der Waals surface area (Å²) in [5.74, 6) is 1.97. The van der Waals surface area contributed by atoms with E-state index >= 15 is 0 Å². The van der Waals surface area contributed by atoms with Crippen molar-refractivity contribution in [2.45, 2.75) is 6.54 Å². The maximum absolute atomic E-state index is 11.5. The Labute approximate surface area is 181 Å². The molecule has 2 aromatic carbocycles. The summed E-state index contributed by atoms with van der Waals surface area (Å²) in [6, 6.07) is 18.8. The maximum Gasteiger partial charge on any atom is 0.339 e. The van der Waals surface area contributed by atoms with E-state index in [9.17, 15) is 9.90 Å². The average Bonchev–Trinajstić information content (AvgIpc) is 2.81. The number of hydrogen-bond acceptors (Lipinski definition) is 6. The van der Waals surface area contributed by atoms with Gasteiger partial charge in [0.05, 0.1) is 7.11 Å². The van der Waals surface area contributed by atoms with Gasteiger partial charge in [-0.2, -0.15) is 0 Å². The molecule has 1 aromatic heterocycles. The first-order valence-corrected chi connectivity index (χ1v) is 10.2. The van der Waals surface area contributed by atoms with Crippen molar-refractivity contribution >= 4 is 11.8 Å². The van der Waals surface area contributed by atoms with Crippen LogP contribution in [0.3, 0.4) is 0 Å². The second-order valence-corrected chi connectivity index (χ2v) is 7.33. The lowest BCUT2D eigenvalue weighted by atomic mass is 10.1. The predicted octanol–water partition coefficient (Wildman–Crippen LogP) is 3.90. The highest BCUT2D eigenvalue weighted by Crippen LogP contribution is 2.28. The standard InChI is InChI=1S/C24H25N3O4/c1-30-19-8-10-20(11-9-19)31-22-7-3-2-5-18(22)17-26-13-15-27(16-14-26)23-21(24(28)29)6-4-12-25-23/h2-12H,13-17H2,1H3,(H,28,29). The van der Waals surface area contributed by atoms with E-state index in [4.69, 9.17) is 9.47 Å². The summed E-state index contributed by atoms with van der Waals surface area (Å²) >= 11 is 0. The molecule has 2 heterocycles. The highest BCUT2D eigenvalue weighted by Gasteiger charge is 2.23. The lowest BCUT2D eigenvalue weighted by Gasteiger charge is -2.36. The minimum absolute atomic E-state index is 0.245. The summed E-state index contributed by atoms with van der Waals surface area (Å²) in [7, 11) is 1.64. The van der Waals surface area contributed by atoms with E-state index in [0.717, 1.165) is 55.5 Å². The van der Waals surface area contributed by atoms with Crippen LogP contribution in [0, 0.1) is 0 Å². The van der Waals surface area contributed by atoms with Crippen molar-refractivity contribution in [1.29, 1.82) is 0 Å². The summed E-state index contributed by atoms with van der Waals surface area (Å²) in [6.07, 6.45) is 1.64. The molecular formula is C24H25N3O4. The average molecular weight is 419 g/mol. The van der Waals surface area contributed by atoms with E-state index < -0.39 is 5.97 Å². The number of methoxy groups -OCH3 is 1. The van der Waals surface area contributed by atoms with E-state index in [-0.39, 0.29) is 5.56 Å². The molecule has 4 rings (SSSR count). The number of anilines is 1. The van der Waals surface area contributed by atoms with Crippen LogP contribution in [-0.4, -0.2) is 54.2 Å². The molecule has 0 atom stereocenters. The van der Waals surface area contributed by atoms with Crippen molar-refractivity contribution in [1.82, 2.24) is 9.88 Å². The van der Waals surface area contributed by atoms with Crippen LogP contribution in [0.4, 0.5) is 5.82 Å². The van der Waals surface area contributed by atoms with Gasteiger partial charge in [0.15, 0.2) is 0 Å². The molecule has 160 valence electrons. The topological polar surface area (TPSA) is 75.1 Å². The number of ether oxygens (including phenoxy) is 2. The number of carbonyl (C=O) groups is 1. The molecule has 0 spiro atoms. The van der Waals surface area contributed by atoms with Crippen molar-refractivity contribution in [3.8, 4) is 17.2 Å². The van der Waals surface area contributed by atoms with Gasteiger partial charge in [-0.1, -0.05) is 18.2 Å². The van der Waals surface area contributed by atoms with Crippen LogP contribution in [0.5, 0.6) is 17.2 Å². The fourth-order valence-corrected chi connectivity index (χ4v) is 3.68. The minimum atomic E-state index is -0.949. The number of aromatic nitrogens is 1. The third kappa shape index (κ3) is 4.95. The van der Waals surface area contributed by atoms with E-state index in [1.165, 1.54) is 0 Å². The zero-order valence-electron chi connectivity index (χ0n) is 17.4. The van der Waals surface area contributed by atoms with Gasteiger partial charge >= 0.3 is 5.97 Å². The molecule has 0 unspecified atom stereocenters. The van der Waals surface area contributed by atoms with Gasteiger partial charge < -0.3 is 19.5 Å². The Balaban J connectivity index is 1.40. The molecule has 0 radical (unpaired) electrons. The highest BCUT2D eigenvalue weighted by molar-refractivity contribution is 5.93. The van der Waals surface area contributed by atoms with Gasteiger partial charge in [0, 0.05) is 44.5 Å². The molecule has 7 heteroatoms. The minimum Gasteiger partial charge on any atom is -0.497 e. The third-order valence-corrected chi connectivity index (χ3v) is 5.34. The molecule has 0 amide bonds. The Morgan fingerprint density at radius 3 is 2.39 bits per heavy atom. The third-order valence-electron chi connectivity index (χ3n) is 5.34. The van der Waals surface area contributed by atoms with Gasteiger partial charge in [-0.25, -0.2) is 9.78 Å². The van der Waals surface area contributed by atoms with Gasteiger partial charge in [-0.15, -0.1) is 0 Å². The summed E-state index contributed by atoms with van der Waals surface area (Å²) in [4.78, 5) is 20.2. The quantitative estimate of drug-likeness (QED) is 0.622. The Morgan fingerprint density at radius 1 is 0.968 bits per heavy atom. The second kappa shape index (κ2) is 9.49. The summed E-state index contributed by atoms with van der Waals surface area (Å²) < 4.78 is 11.3. The van der Waals surface area contributed by atoms with Crippen LogP contribution in [0.1, 0.15) is 15.9 Å². The predicted molar refractivity (Wildman–Crippen MR) is 118 cm³/mol. The van der Waals surface area contributed by atoms with Gasteiger partial charge in [0.25, 0.3) is 0 Å². The maximum atomic E-state index is 11.5. The van der Waals surface area contributed by atoms with Crippen LogP contribution in [0.15, 0.2) is 66.9 Å². The zero-order chi connectivity index (χ0) is 21.6. The molecule has 31 heavy (non-hydrogen) atoms. The molecule has 1 N–H and O–H groups in total. The Morgan fingerprint density at radius 2 is 1.68 bits per heavy atom. The lowest BCUT2D eigenvalue weighted by Crippen LogP contribution is -2.46. The Kier molecular flexibility index (Phi) is 6.33. The van der Waals surface area contributed by atoms with Crippen LogP contribution < -0.4 is 14.4 Å². The first kappa shape index (κ1) is 20.7. The summed E-state index contributed by atoms with van der Waals surface area (Å²) in [6.45, 7) is 3.82. The van der Waals surface area contributed by atoms with Gasteiger partial charge in [-0.3, -0.25) is 4.90 Å². The molecular weight excluding hydrogens is 394 g/mol. The van der Waals surface area contributed by atoms with E-state index in [2.05, 4.69) is 16.0 Å². The first-order valence-electron chi connectivity index (χ1n) is 10.2. The number of carboxylic acid groups (broad SMARTS) is 1. The monoisotopic (exact) mass is 419 g/mol. The number of rotatable bonds is 7. The first-order chi connectivity index (χ1) is 15.1. The normalized spacial score (nSPS) is 14.3. The summed E-state index contributed by atoms with van der Waals surface area (Å²) in [5.41, 5.74) is 1.35. The molecule has 1 saturated heterocycles. The highest BCUT2D eigenvalue weighted by atomic mass is 16.5. The smallest absolute Gasteiger partial charge is 0.339 e. The SMILES string of the molecule is COc1ccc(Oc2ccccc2CN2CCN(c3ncccc3C(=O)O)CC2)cc1. The fraction of sp³-hybridized carbons (Fsp3) is 0.250. The lowest BCUT2D eigenvalue weighted by molar-refractivity contribution is 0.0697. The molecule has 3 aromatic rings. The second-order valence-electron chi connectivity index (χ2n) is 7.33. The van der Waals surface area contributed by atoms with Gasteiger partial charge in [0.2, 0.25) is 0 Å². The van der Waals surface area contributed by atoms with Crippen molar-refractivity contribution in [2.24, 2.45) is 0 Å². The number of nitrogens with zero attached hydrogens (tertiary/aromatic N) is 3. The van der Waals surface area contributed by atoms with E-state index in [0.29, 0.717) is 5.82 Å². The van der Waals surface area contributed by atoms with Crippen LogP contribution in [0.25, 0.3) is 0 Å². The number of hydrogen-bond donors (Lipinski definition) is 1. The molecule has 0 saturated carbocycles. The zero-order valence-corrected chi connectivity index (χ0v) is 17.4. The van der Waals surface area contributed by atoms with Crippen molar-refractivity contribution in [3.05, 3.63) is 78.0 Å². The van der Waals surface area contributed by atoms with E-state index in [1.807, 2.05) is 47.4 Å². The number of piperazine rings is 1. The molecule has 0 bridgehead atoms. The Hall–Kier alpha value is -3.58. The molecule has 0 aliphatic carbocycles. The van der Waals surface area contributed by atoms with E-state index in [1.54, 1.807) is 25.4 Å². The van der Waals surface area contributed by atoms with Gasteiger partial charge in [-0.05, 0) is 42.5 Å². The number of pyridine rings is 1. The van der Waals surface area contributed by atoms with Gasteiger partial charge in [0.1, 0.15) is 28.6 Å². The Bertz CT molecular complexity index is 1030. The molecule has 1 fully saturated rings. The molecule has 1 aliphatic heterocycles. The molecule has 1 aliphatic rings. The van der Waals surface area contributed by atoms with Crippen LogP contribution >= 0.6 is 0 Å².